The van der Waals surface area contributed by atoms with E-state index in [1.807, 2.05) is 31.3 Å². The summed E-state index contributed by atoms with van der Waals surface area (Å²) >= 11 is 1.62. The lowest BCUT2D eigenvalue weighted by Gasteiger charge is -2.17. The molecule has 1 aromatic rings. The van der Waals surface area contributed by atoms with E-state index in [-0.39, 0.29) is 5.78 Å². The van der Waals surface area contributed by atoms with Crippen molar-refractivity contribution >= 4 is 17.5 Å². The molecule has 0 saturated heterocycles. The first-order valence-corrected chi connectivity index (χ1v) is 5.66. The lowest BCUT2D eigenvalue weighted by molar-refractivity contribution is 0.102. The summed E-state index contributed by atoms with van der Waals surface area (Å²) in [4.78, 5) is 18.1. The van der Waals surface area contributed by atoms with Crippen molar-refractivity contribution in [1.82, 2.24) is 9.88 Å². The minimum atomic E-state index is 0.102. The number of ketones is 1. The van der Waals surface area contributed by atoms with Crippen LogP contribution in [0.4, 0.5) is 0 Å². The fraction of sp³-hybridized carbons (Fsp3) is 0.273. The molecule has 1 aromatic heterocycles. The van der Waals surface area contributed by atoms with Crippen molar-refractivity contribution in [3.63, 3.8) is 0 Å². The number of hydrogen-bond acceptors (Lipinski definition) is 4. The summed E-state index contributed by atoms with van der Waals surface area (Å²) in [5, 5.41) is 0.846. The molecular formula is C11H12N2OS. The topological polar surface area (TPSA) is 33.2 Å². The van der Waals surface area contributed by atoms with Crippen molar-refractivity contribution in [2.75, 3.05) is 19.8 Å². The molecule has 0 amide bonds. The predicted molar refractivity (Wildman–Crippen MR) is 61.1 cm³/mol. The molecule has 4 heteroatoms. The predicted octanol–water partition coefficient (Wildman–Crippen LogP) is 1.82. The van der Waals surface area contributed by atoms with Crippen LogP contribution in [0.5, 0.6) is 0 Å². The van der Waals surface area contributed by atoms with E-state index in [0.29, 0.717) is 5.75 Å². The summed E-state index contributed by atoms with van der Waals surface area (Å²) in [7, 11) is 3.84. The van der Waals surface area contributed by atoms with Crippen molar-refractivity contribution in [3.05, 3.63) is 35.7 Å². The Morgan fingerprint density at radius 3 is 3.07 bits per heavy atom. The van der Waals surface area contributed by atoms with Crippen LogP contribution in [-0.4, -0.2) is 35.5 Å². The molecule has 0 aliphatic carbocycles. The summed E-state index contributed by atoms with van der Waals surface area (Å²) in [6.45, 7) is 0. The third-order valence-electron chi connectivity index (χ3n) is 2.09. The molecule has 0 fully saturated rings. The molecule has 0 unspecified atom stereocenters. The van der Waals surface area contributed by atoms with Gasteiger partial charge in [0.15, 0.2) is 5.78 Å². The Morgan fingerprint density at radius 1 is 1.53 bits per heavy atom. The maximum atomic E-state index is 12.0. The molecule has 1 aliphatic rings. The smallest absolute Gasteiger partial charge is 0.194 e. The van der Waals surface area contributed by atoms with Crippen molar-refractivity contribution in [2.24, 2.45) is 0 Å². The van der Waals surface area contributed by atoms with Gasteiger partial charge in [-0.3, -0.25) is 4.79 Å². The summed E-state index contributed by atoms with van der Waals surface area (Å²) in [6, 6.07) is 3.64. The number of carbonyl (C=O) groups is 1. The van der Waals surface area contributed by atoms with Gasteiger partial charge >= 0.3 is 0 Å². The molecule has 2 heterocycles. The Morgan fingerprint density at radius 2 is 2.33 bits per heavy atom. The van der Waals surface area contributed by atoms with Crippen LogP contribution >= 0.6 is 11.8 Å². The maximum Gasteiger partial charge on any atom is 0.194 e. The van der Waals surface area contributed by atoms with E-state index in [2.05, 4.69) is 4.98 Å². The molecule has 0 saturated carbocycles. The average molecular weight is 220 g/mol. The molecule has 0 bridgehead atoms. The molecule has 1 aliphatic heterocycles. The Balaban J connectivity index is 2.38. The Bertz CT molecular complexity index is 426. The number of Topliss-reactive ketones (excluding diaryl/α,β-unsaturated/α-hetero) is 1. The standard InChI is InChI=1S/C11H12N2OS/c1-13(2)6-8-7-15-11-9(10(8)14)4-3-5-12-11/h3-6H,7H2,1-2H3/b8-6+. The lowest BCUT2D eigenvalue weighted by atomic mass is 10.1. The zero-order valence-corrected chi connectivity index (χ0v) is 9.54. The van der Waals surface area contributed by atoms with Gasteiger partial charge in [0.1, 0.15) is 5.03 Å². The molecule has 78 valence electrons. The van der Waals surface area contributed by atoms with Gasteiger partial charge < -0.3 is 4.90 Å². The highest BCUT2D eigenvalue weighted by Gasteiger charge is 2.22. The molecule has 0 aromatic carbocycles. The van der Waals surface area contributed by atoms with Crippen LogP contribution in [-0.2, 0) is 0 Å². The number of thioether (sulfide) groups is 1. The van der Waals surface area contributed by atoms with Crippen LogP contribution in [0.15, 0.2) is 35.1 Å². The van der Waals surface area contributed by atoms with Crippen molar-refractivity contribution in [2.45, 2.75) is 5.03 Å². The summed E-state index contributed by atoms with van der Waals surface area (Å²) < 4.78 is 0. The minimum absolute atomic E-state index is 0.102. The first-order valence-electron chi connectivity index (χ1n) is 4.68. The zero-order chi connectivity index (χ0) is 10.8. The first-order chi connectivity index (χ1) is 7.18. The van der Waals surface area contributed by atoms with Gasteiger partial charge in [-0.05, 0) is 12.1 Å². The van der Waals surface area contributed by atoms with Gasteiger partial charge in [-0.15, -0.1) is 11.8 Å². The van der Waals surface area contributed by atoms with Crippen LogP contribution < -0.4 is 0 Å². The fourth-order valence-electron chi connectivity index (χ4n) is 1.47. The maximum absolute atomic E-state index is 12.0. The number of hydrogen-bond donors (Lipinski definition) is 0. The second kappa shape index (κ2) is 4.06. The zero-order valence-electron chi connectivity index (χ0n) is 8.73. The van der Waals surface area contributed by atoms with Crippen molar-refractivity contribution in [1.29, 1.82) is 0 Å². The van der Waals surface area contributed by atoms with E-state index in [4.69, 9.17) is 0 Å². The molecule has 0 N–H and O–H groups in total. The molecule has 0 atom stereocenters. The van der Waals surface area contributed by atoms with E-state index >= 15 is 0 Å². The molecule has 3 nitrogen and oxygen atoms in total. The molecule has 15 heavy (non-hydrogen) atoms. The third kappa shape index (κ3) is 2.04. The van der Waals surface area contributed by atoms with Crippen LogP contribution in [0, 0.1) is 0 Å². The number of carbonyl (C=O) groups excluding carboxylic acids is 1. The van der Waals surface area contributed by atoms with Crippen molar-refractivity contribution < 1.29 is 4.79 Å². The number of rotatable bonds is 1. The molecule has 0 radical (unpaired) electrons. The van der Waals surface area contributed by atoms with E-state index in [1.165, 1.54) is 0 Å². The van der Waals surface area contributed by atoms with Gasteiger partial charge in [0.05, 0.1) is 5.56 Å². The highest BCUT2D eigenvalue weighted by Crippen LogP contribution is 2.30. The van der Waals surface area contributed by atoms with Gasteiger partial charge in [-0.2, -0.15) is 0 Å². The second-order valence-electron chi connectivity index (χ2n) is 3.59. The third-order valence-corrected chi connectivity index (χ3v) is 3.14. The van der Waals surface area contributed by atoms with Gasteiger partial charge in [0.25, 0.3) is 0 Å². The average Bonchev–Trinajstić information content (AvgIpc) is 2.22. The highest BCUT2D eigenvalue weighted by molar-refractivity contribution is 7.99. The second-order valence-corrected chi connectivity index (χ2v) is 4.56. The van der Waals surface area contributed by atoms with Gasteiger partial charge in [-0.1, -0.05) is 0 Å². The van der Waals surface area contributed by atoms with E-state index in [0.717, 1.165) is 16.2 Å². The van der Waals surface area contributed by atoms with E-state index < -0.39 is 0 Å². The number of pyridine rings is 1. The number of nitrogens with zero attached hydrogens (tertiary/aromatic N) is 2. The number of fused-ring (bicyclic) bond motifs is 1. The Kier molecular flexibility index (Phi) is 2.77. The minimum Gasteiger partial charge on any atom is -0.383 e. The molecule has 2 rings (SSSR count). The monoisotopic (exact) mass is 220 g/mol. The summed E-state index contributed by atoms with van der Waals surface area (Å²) in [6.07, 6.45) is 3.60. The largest absolute Gasteiger partial charge is 0.383 e. The quantitative estimate of drug-likeness (QED) is 0.676. The normalized spacial score (nSPS) is 17.7. The summed E-state index contributed by atoms with van der Waals surface area (Å²) in [5.74, 6) is 0.812. The first kappa shape index (κ1) is 10.2. The van der Waals surface area contributed by atoms with Crippen molar-refractivity contribution in [3.8, 4) is 0 Å². The van der Waals surface area contributed by atoms with Gasteiger partial charge in [0, 0.05) is 37.8 Å². The van der Waals surface area contributed by atoms with E-state index in [1.54, 1.807) is 24.0 Å². The van der Waals surface area contributed by atoms with E-state index in [9.17, 15) is 4.79 Å². The lowest BCUT2D eigenvalue weighted by Crippen LogP contribution is -2.16. The van der Waals surface area contributed by atoms with Gasteiger partial charge in [0.2, 0.25) is 0 Å². The Labute approximate surface area is 93.2 Å². The Hall–Kier alpha value is -1.29. The van der Waals surface area contributed by atoms with Crippen LogP contribution in [0.1, 0.15) is 10.4 Å². The molecule has 0 spiro atoms. The van der Waals surface area contributed by atoms with Crippen LogP contribution in [0.25, 0.3) is 0 Å². The number of aromatic nitrogens is 1. The molecular weight excluding hydrogens is 208 g/mol. The highest BCUT2D eigenvalue weighted by atomic mass is 32.2. The van der Waals surface area contributed by atoms with Gasteiger partial charge in [-0.25, -0.2) is 4.98 Å². The fourth-order valence-corrected chi connectivity index (χ4v) is 2.42. The summed E-state index contributed by atoms with van der Waals surface area (Å²) in [5.41, 5.74) is 1.56. The van der Waals surface area contributed by atoms with Crippen LogP contribution in [0.2, 0.25) is 0 Å². The van der Waals surface area contributed by atoms with Crippen LogP contribution in [0.3, 0.4) is 0 Å². The SMILES string of the molecule is CN(C)/C=C1\CSc2ncccc2C1=O.